The fourth-order valence-electron chi connectivity index (χ4n) is 3.97. The van der Waals surface area contributed by atoms with Crippen molar-refractivity contribution in [2.75, 3.05) is 32.7 Å². The van der Waals surface area contributed by atoms with Crippen molar-refractivity contribution in [3.63, 3.8) is 0 Å². The van der Waals surface area contributed by atoms with Gasteiger partial charge in [0.25, 0.3) is 10.2 Å². The molecule has 1 N–H and O–H groups in total. The fraction of sp³-hybridized carbons (Fsp3) is 1.00. The number of hydrogen-bond donors (Lipinski definition) is 1. The van der Waals surface area contributed by atoms with Crippen LogP contribution in [0.4, 0.5) is 0 Å². The highest BCUT2D eigenvalue weighted by atomic mass is 32.2. The Morgan fingerprint density at radius 2 is 1.70 bits per heavy atom. The van der Waals surface area contributed by atoms with Crippen LogP contribution >= 0.6 is 0 Å². The molecule has 0 aliphatic carbocycles. The second-order valence-corrected chi connectivity index (χ2v) is 8.28. The summed E-state index contributed by atoms with van der Waals surface area (Å²) >= 11 is 0. The first kappa shape index (κ1) is 14.8. The van der Waals surface area contributed by atoms with Gasteiger partial charge >= 0.3 is 0 Å². The molecule has 6 heteroatoms. The molecule has 3 aliphatic heterocycles. The van der Waals surface area contributed by atoms with Crippen molar-refractivity contribution in [1.82, 2.24) is 13.9 Å². The quantitative estimate of drug-likeness (QED) is 0.852. The molecule has 0 bridgehead atoms. The molecule has 3 saturated heterocycles. The van der Waals surface area contributed by atoms with Gasteiger partial charge in [0.15, 0.2) is 0 Å². The molecule has 0 amide bonds. The predicted molar refractivity (Wildman–Crippen MR) is 79.7 cm³/mol. The Balaban J connectivity index is 1.73. The molecule has 0 saturated carbocycles. The summed E-state index contributed by atoms with van der Waals surface area (Å²) in [7, 11) is -3.22. The van der Waals surface area contributed by atoms with E-state index in [9.17, 15) is 8.42 Å². The fourth-order valence-corrected chi connectivity index (χ4v) is 5.97. The van der Waals surface area contributed by atoms with Crippen LogP contribution in [0.3, 0.4) is 0 Å². The normalized spacial score (nSPS) is 34.4. The third-order valence-electron chi connectivity index (χ3n) is 5.07. The van der Waals surface area contributed by atoms with E-state index in [2.05, 4.69) is 5.32 Å². The van der Waals surface area contributed by atoms with E-state index in [0.717, 1.165) is 45.3 Å². The van der Waals surface area contributed by atoms with E-state index in [1.165, 1.54) is 19.3 Å². The Bertz CT molecular complexity index is 414. The Morgan fingerprint density at radius 3 is 2.40 bits per heavy atom. The van der Waals surface area contributed by atoms with E-state index < -0.39 is 10.2 Å². The summed E-state index contributed by atoms with van der Waals surface area (Å²) in [6.07, 6.45) is 7.61. The van der Waals surface area contributed by atoms with Crippen LogP contribution in [-0.2, 0) is 10.2 Å². The van der Waals surface area contributed by atoms with Gasteiger partial charge < -0.3 is 5.32 Å². The first-order valence-electron chi connectivity index (χ1n) is 8.17. The summed E-state index contributed by atoms with van der Waals surface area (Å²) in [5, 5.41) is 3.43. The number of nitrogens with one attached hydrogen (secondary N) is 1. The summed E-state index contributed by atoms with van der Waals surface area (Å²) in [5.41, 5.74) is 0. The third-order valence-corrected chi connectivity index (χ3v) is 7.13. The smallest absolute Gasteiger partial charge is 0.282 e. The molecule has 5 nitrogen and oxygen atoms in total. The second-order valence-electron chi connectivity index (χ2n) is 6.39. The molecule has 2 unspecified atom stereocenters. The maximum Gasteiger partial charge on any atom is 0.282 e. The minimum atomic E-state index is -3.22. The van der Waals surface area contributed by atoms with Crippen molar-refractivity contribution < 1.29 is 8.42 Å². The summed E-state index contributed by atoms with van der Waals surface area (Å²) in [5.74, 6) is 0.505. The van der Waals surface area contributed by atoms with Crippen molar-refractivity contribution in [1.29, 1.82) is 0 Å². The molecule has 0 radical (unpaired) electrons. The molecule has 3 heterocycles. The van der Waals surface area contributed by atoms with Gasteiger partial charge in [-0.15, -0.1) is 0 Å². The molecule has 0 aromatic carbocycles. The zero-order chi connectivity index (χ0) is 14.0. The molecule has 3 fully saturated rings. The largest absolute Gasteiger partial charge is 0.316 e. The van der Waals surface area contributed by atoms with Crippen LogP contribution in [0.15, 0.2) is 0 Å². The van der Waals surface area contributed by atoms with Gasteiger partial charge in [-0.25, -0.2) is 0 Å². The Labute approximate surface area is 122 Å². The van der Waals surface area contributed by atoms with Crippen LogP contribution in [0.1, 0.15) is 44.9 Å². The highest BCUT2D eigenvalue weighted by molar-refractivity contribution is 7.86. The Hall–Kier alpha value is -0.170. The molecule has 116 valence electrons. The lowest BCUT2D eigenvalue weighted by Gasteiger charge is -2.37. The second kappa shape index (κ2) is 6.30. The molecule has 0 aromatic rings. The zero-order valence-corrected chi connectivity index (χ0v) is 13.1. The van der Waals surface area contributed by atoms with Crippen LogP contribution in [0.25, 0.3) is 0 Å². The molecule has 2 atom stereocenters. The van der Waals surface area contributed by atoms with Gasteiger partial charge in [-0.05, 0) is 57.5 Å². The van der Waals surface area contributed by atoms with Crippen molar-refractivity contribution >= 4 is 10.2 Å². The number of rotatable bonds is 3. The average molecular weight is 301 g/mol. The first-order chi connectivity index (χ1) is 9.69. The van der Waals surface area contributed by atoms with E-state index in [4.69, 9.17) is 0 Å². The van der Waals surface area contributed by atoms with E-state index in [1.54, 1.807) is 4.31 Å². The van der Waals surface area contributed by atoms with Gasteiger partial charge in [0.05, 0.1) is 0 Å². The van der Waals surface area contributed by atoms with Crippen LogP contribution in [0.5, 0.6) is 0 Å². The molecular formula is C14H27N3O2S. The van der Waals surface area contributed by atoms with Crippen molar-refractivity contribution in [3.8, 4) is 0 Å². The van der Waals surface area contributed by atoms with Crippen LogP contribution in [0.2, 0.25) is 0 Å². The summed E-state index contributed by atoms with van der Waals surface area (Å²) in [6.45, 7) is 4.22. The summed E-state index contributed by atoms with van der Waals surface area (Å²) in [4.78, 5) is 0. The lowest BCUT2D eigenvalue weighted by atomic mass is 9.91. The standard InChI is InChI=1S/C14H27N3O2S/c18-20(19,16-9-2-1-3-10-16)17-11-5-7-14(17)13-6-4-8-15-12-13/h13-15H,1-12H2. The molecular weight excluding hydrogens is 274 g/mol. The molecule has 20 heavy (non-hydrogen) atoms. The Morgan fingerprint density at radius 1 is 0.900 bits per heavy atom. The predicted octanol–water partition coefficient (Wildman–Crippen LogP) is 1.18. The lowest BCUT2D eigenvalue weighted by molar-refractivity contribution is 0.221. The number of nitrogens with zero attached hydrogens (tertiary/aromatic N) is 2. The number of hydrogen-bond acceptors (Lipinski definition) is 3. The first-order valence-corrected chi connectivity index (χ1v) is 9.57. The Kier molecular flexibility index (Phi) is 4.65. The molecule has 0 spiro atoms. The summed E-state index contributed by atoms with van der Waals surface area (Å²) < 4.78 is 29.3. The van der Waals surface area contributed by atoms with Gasteiger partial charge in [-0.3, -0.25) is 0 Å². The maximum absolute atomic E-state index is 12.9. The van der Waals surface area contributed by atoms with Crippen molar-refractivity contribution in [2.45, 2.75) is 51.0 Å². The zero-order valence-electron chi connectivity index (χ0n) is 12.3. The van der Waals surface area contributed by atoms with Crippen molar-refractivity contribution in [3.05, 3.63) is 0 Å². The van der Waals surface area contributed by atoms with Crippen LogP contribution in [-0.4, -0.2) is 55.8 Å². The summed E-state index contributed by atoms with van der Waals surface area (Å²) in [6, 6.07) is 0.231. The monoisotopic (exact) mass is 301 g/mol. The minimum Gasteiger partial charge on any atom is -0.316 e. The third kappa shape index (κ3) is 2.89. The average Bonchev–Trinajstić information content (AvgIpc) is 2.99. The van der Waals surface area contributed by atoms with Gasteiger partial charge in [-0.2, -0.15) is 17.0 Å². The SMILES string of the molecule is O=S(=O)(N1CCCCC1)N1CCCC1C1CCCNC1. The molecule has 3 rings (SSSR count). The van der Waals surface area contributed by atoms with Gasteiger partial charge in [-0.1, -0.05) is 6.42 Å². The van der Waals surface area contributed by atoms with Gasteiger partial charge in [0.2, 0.25) is 0 Å². The highest BCUT2D eigenvalue weighted by Gasteiger charge is 2.41. The van der Waals surface area contributed by atoms with E-state index in [-0.39, 0.29) is 6.04 Å². The lowest BCUT2D eigenvalue weighted by Crippen LogP contribution is -2.51. The van der Waals surface area contributed by atoms with Crippen molar-refractivity contribution in [2.24, 2.45) is 5.92 Å². The maximum atomic E-state index is 12.9. The molecule has 0 aromatic heterocycles. The van der Waals surface area contributed by atoms with Crippen LogP contribution in [0, 0.1) is 5.92 Å². The van der Waals surface area contributed by atoms with E-state index >= 15 is 0 Å². The molecule has 3 aliphatic rings. The van der Waals surface area contributed by atoms with E-state index in [1.807, 2.05) is 4.31 Å². The minimum absolute atomic E-state index is 0.231. The van der Waals surface area contributed by atoms with Gasteiger partial charge in [0.1, 0.15) is 0 Å². The highest BCUT2D eigenvalue weighted by Crippen LogP contribution is 2.32. The van der Waals surface area contributed by atoms with Crippen LogP contribution < -0.4 is 5.32 Å². The topological polar surface area (TPSA) is 52.7 Å². The van der Waals surface area contributed by atoms with Gasteiger partial charge in [0, 0.05) is 25.7 Å². The van der Waals surface area contributed by atoms with E-state index in [0.29, 0.717) is 19.0 Å². The number of piperidine rings is 2.